The molecule has 4 rings (SSSR count). The smallest absolute Gasteiger partial charge is 0.216 e. The van der Waals surface area contributed by atoms with Gasteiger partial charge in [0, 0.05) is 38.9 Å². The van der Waals surface area contributed by atoms with Crippen molar-refractivity contribution >= 4 is 27.6 Å². The monoisotopic (exact) mass is 391 g/mol. The predicted molar refractivity (Wildman–Crippen MR) is 120 cm³/mol. The van der Waals surface area contributed by atoms with Crippen molar-refractivity contribution < 1.29 is 20.0 Å². The van der Waals surface area contributed by atoms with Crippen LogP contribution in [-0.2, 0) is 7.05 Å². The molecule has 146 valence electrons. The zero-order valence-corrected chi connectivity index (χ0v) is 17.1. The van der Waals surface area contributed by atoms with Crippen molar-refractivity contribution in [1.29, 1.82) is 0 Å². The minimum atomic E-state index is -2.89. The van der Waals surface area contributed by atoms with Gasteiger partial charge >= 0.3 is 0 Å². The molecule has 1 unspecified atom stereocenters. The van der Waals surface area contributed by atoms with Crippen LogP contribution >= 0.6 is 0 Å². The molecule has 0 radical (unpaired) electrons. The van der Waals surface area contributed by atoms with E-state index in [4.69, 9.17) is 20.6 Å². The summed E-state index contributed by atoms with van der Waals surface area (Å²) in [5.74, 6) is -2.36. The van der Waals surface area contributed by atoms with Gasteiger partial charge in [0.2, 0.25) is 5.69 Å². The van der Waals surface area contributed by atoms with E-state index in [0.717, 1.165) is 28.8 Å². The summed E-state index contributed by atoms with van der Waals surface area (Å²) in [6.07, 6.45) is 0. The molecule has 2 aromatic heterocycles. The number of hydrogen-bond donors (Lipinski definition) is 0. The van der Waals surface area contributed by atoms with Crippen molar-refractivity contribution in [2.24, 2.45) is 7.05 Å². The van der Waals surface area contributed by atoms with E-state index in [2.05, 4.69) is 4.85 Å². The van der Waals surface area contributed by atoms with Gasteiger partial charge in [-0.1, -0.05) is 32.0 Å². The quantitative estimate of drug-likeness (QED) is 0.267. The molecular weight excluding hydrogens is 356 g/mol. The van der Waals surface area contributed by atoms with E-state index in [-0.39, 0.29) is 28.6 Å². The Labute approximate surface area is 183 Å². The first-order valence-electron chi connectivity index (χ1n) is 13.3. The van der Waals surface area contributed by atoms with Gasteiger partial charge in [-0.15, -0.1) is 0 Å². The van der Waals surface area contributed by atoms with Crippen molar-refractivity contribution in [2.45, 2.75) is 47.3 Å². The van der Waals surface area contributed by atoms with E-state index < -0.39 is 19.6 Å². The molecule has 2 heterocycles. The fraction of sp³-hybridized carbons (Fsp3) is 0.308. The first-order chi connectivity index (χ1) is 16.9. The molecule has 0 N–H and O–H groups in total. The number of furan rings is 1. The zero-order chi connectivity index (χ0) is 27.8. The molecule has 1 atom stereocenters. The molecule has 0 saturated heterocycles. The van der Waals surface area contributed by atoms with E-state index in [0.29, 0.717) is 22.4 Å². The molecule has 0 aliphatic carbocycles. The van der Waals surface area contributed by atoms with Gasteiger partial charge < -0.3 is 4.42 Å². The van der Waals surface area contributed by atoms with Crippen LogP contribution in [-0.4, -0.2) is 0 Å². The van der Waals surface area contributed by atoms with Gasteiger partial charge in [0.05, 0.1) is 13.5 Å². The van der Waals surface area contributed by atoms with Gasteiger partial charge in [0.1, 0.15) is 18.2 Å². The number of nitrogens with zero attached hydrogens (tertiary/aromatic N) is 2. The van der Waals surface area contributed by atoms with Gasteiger partial charge in [-0.2, -0.15) is 4.57 Å². The number of hydrogen-bond acceptors (Lipinski definition) is 1. The Balaban J connectivity index is 2.26. The molecule has 0 aliphatic heterocycles. The van der Waals surface area contributed by atoms with Gasteiger partial charge in [0.25, 0.3) is 0 Å². The molecule has 2 aromatic carbocycles. The Morgan fingerprint density at radius 3 is 2.72 bits per heavy atom. The molecular formula is C26H27N2O+. The number of aryl methyl sites for hydroxylation is 2. The lowest BCUT2D eigenvalue weighted by Crippen LogP contribution is -2.36. The topological polar surface area (TPSA) is 21.4 Å². The fourth-order valence-electron chi connectivity index (χ4n) is 3.96. The minimum absolute atomic E-state index is 0.239. The average molecular weight is 392 g/mol. The molecule has 29 heavy (non-hydrogen) atoms. The summed E-state index contributed by atoms with van der Waals surface area (Å²) < 4.78 is 74.3. The second kappa shape index (κ2) is 6.74. The maximum Gasteiger partial charge on any atom is 0.216 e. The van der Waals surface area contributed by atoms with E-state index in [1.54, 1.807) is 30.7 Å². The number of pyridine rings is 1. The maximum atomic E-state index is 9.18. The van der Waals surface area contributed by atoms with E-state index >= 15 is 0 Å². The highest BCUT2D eigenvalue weighted by Gasteiger charge is 2.26. The number of benzene rings is 2. The van der Waals surface area contributed by atoms with Crippen molar-refractivity contribution in [2.75, 3.05) is 0 Å². The Bertz CT molecular complexity index is 1640. The van der Waals surface area contributed by atoms with E-state index in [1.807, 2.05) is 26.0 Å². The Hall–Kier alpha value is -3.12. The lowest BCUT2D eigenvalue weighted by Gasteiger charge is -2.15. The SMILES string of the molecule is [2H]c1c(C([2H])(C)C([2H])([2H])[2H])c(C([2H])([2H])[2H])c(C)[n+](C)c1-c1c(C)cc(C)c2c1oc1cc([N+]#[C-])ccc12. The van der Waals surface area contributed by atoms with Crippen molar-refractivity contribution in [3.8, 4) is 11.3 Å². The predicted octanol–water partition coefficient (Wildman–Crippen LogP) is 6.99. The molecule has 0 aliphatic rings. The van der Waals surface area contributed by atoms with Crippen molar-refractivity contribution in [3.63, 3.8) is 0 Å². The summed E-state index contributed by atoms with van der Waals surface area (Å²) in [4.78, 5) is 3.47. The highest BCUT2D eigenvalue weighted by atomic mass is 16.3. The molecule has 0 spiro atoms. The Kier molecular flexibility index (Phi) is 2.74. The lowest BCUT2D eigenvalue weighted by molar-refractivity contribution is -0.667. The fourth-order valence-corrected chi connectivity index (χ4v) is 3.96. The largest absolute Gasteiger partial charge is 0.456 e. The molecule has 3 heteroatoms. The van der Waals surface area contributed by atoms with Crippen LogP contribution in [0.3, 0.4) is 0 Å². The number of rotatable bonds is 2. The lowest BCUT2D eigenvalue weighted by atomic mass is 9.92. The van der Waals surface area contributed by atoms with Crippen LogP contribution in [0.1, 0.15) is 58.6 Å². The van der Waals surface area contributed by atoms with Crippen LogP contribution in [0.15, 0.2) is 34.7 Å². The highest BCUT2D eigenvalue weighted by Crippen LogP contribution is 2.40. The van der Waals surface area contributed by atoms with Crippen molar-refractivity contribution in [1.82, 2.24) is 0 Å². The van der Waals surface area contributed by atoms with Crippen LogP contribution in [0.25, 0.3) is 38.0 Å². The zero-order valence-electron chi connectivity index (χ0n) is 25.1. The van der Waals surface area contributed by atoms with Crippen LogP contribution in [0.5, 0.6) is 0 Å². The summed E-state index contributed by atoms with van der Waals surface area (Å²) in [5, 5.41) is 1.58. The third kappa shape index (κ3) is 2.83. The third-order valence-corrected chi connectivity index (χ3v) is 5.56. The first-order valence-corrected chi connectivity index (χ1v) is 9.32. The Morgan fingerprint density at radius 2 is 2.03 bits per heavy atom. The van der Waals surface area contributed by atoms with Crippen LogP contribution in [0.4, 0.5) is 5.69 Å². The normalized spacial score (nSPS) is 18.5. The molecule has 0 fully saturated rings. The summed E-state index contributed by atoms with van der Waals surface area (Å²) in [6.45, 7) is 8.17. The minimum Gasteiger partial charge on any atom is -0.456 e. The number of aromatic nitrogens is 1. The summed E-state index contributed by atoms with van der Waals surface area (Å²) in [7, 11) is 1.63. The number of fused-ring (bicyclic) bond motifs is 3. The maximum absolute atomic E-state index is 9.18. The molecule has 4 aromatic rings. The standard InChI is InChI=1S/C26H27N2O/c1-14(2)21-13-22(28(8)18(6)17(21)5)25-16(4)11-15(3)24-20-10-9-19(27-7)12-23(20)29-26(24)25/h9-14H,1-6,8H3/q+1/i1D3,5D3,13D,14D. The van der Waals surface area contributed by atoms with Crippen molar-refractivity contribution in [3.05, 3.63) is 69.7 Å². The van der Waals surface area contributed by atoms with Crippen LogP contribution in [0, 0.1) is 34.2 Å². The highest BCUT2D eigenvalue weighted by molar-refractivity contribution is 6.12. The van der Waals surface area contributed by atoms with Crippen LogP contribution < -0.4 is 4.57 Å². The second-order valence-electron chi connectivity index (χ2n) is 7.48. The van der Waals surface area contributed by atoms with E-state index in [9.17, 15) is 1.37 Å². The second-order valence-corrected chi connectivity index (χ2v) is 7.48. The summed E-state index contributed by atoms with van der Waals surface area (Å²) in [5.41, 5.74) is 3.38. The summed E-state index contributed by atoms with van der Waals surface area (Å²) in [6, 6.07) is 6.75. The average Bonchev–Trinajstić information content (AvgIpc) is 3.15. The van der Waals surface area contributed by atoms with Gasteiger partial charge in [-0.3, -0.25) is 0 Å². The van der Waals surface area contributed by atoms with E-state index in [1.165, 1.54) is 0 Å². The molecule has 0 saturated carbocycles. The van der Waals surface area contributed by atoms with Gasteiger partial charge in [-0.05, 0) is 49.4 Å². The first kappa shape index (κ1) is 11.8. The molecule has 0 bridgehead atoms. The third-order valence-electron chi connectivity index (χ3n) is 5.56. The van der Waals surface area contributed by atoms with Gasteiger partial charge in [0.15, 0.2) is 11.4 Å². The molecule has 3 nitrogen and oxygen atoms in total. The van der Waals surface area contributed by atoms with Gasteiger partial charge in [-0.25, -0.2) is 4.85 Å². The molecule has 0 amide bonds. The Morgan fingerprint density at radius 1 is 1.24 bits per heavy atom. The van der Waals surface area contributed by atoms with Crippen LogP contribution in [0.2, 0.25) is 0 Å². The summed E-state index contributed by atoms with van der Waals surface area (Å²) >= 11 is 0.